The molecular weight excluding hydrogens is 160 g/mol. The summed E-state index contributed by atoms with van der Waals surface area (Å²) < 4.78 is 18.1. The average Bonchev–Trinajstić information content (AvgIpc) is 1.85. The molecule has 0 bridgehead atoms. The molecule has 5 nitrogen and oxygen atoms in total. The molecule has 0 fully saturated rings. The molecule has 0 aromatic heterocycles. The van der Waals surface area contributed by atoms with Gasteiger partial charge in [0.05, 0.1) is 14.2 Å². The minimum atomic E-state index is -1.53. The van der Waals surface area contributed by atoms with Crippen molar-refractivity contribution >= 4 is 17.3 Å². The topological polar surface area (TPSA) is 72.8 Å². The Kier molecular flexibility index (Phi) is 10.5. The van der Waals surface area contributed by atoms with Crippen molar-refractivity contribution in [2.45, 2.75) is 6.92 Å². The summed E-state index contributed by atoms with van der Waals surface area (Å²) in [6.07, 6.45) is 0. The number of rotatable bonds is 2. The number of carboxylic acid groups (broad SMARTS) is 1. The summed E-state index contributed by atoms with van der Waals surface area (Å²) in [6.45, 7) is 1.08. The molecule has 6 heteroatoms. The smallest absolute Gasteiger partial charge is 0.304 e. The van der Waals surface area contributed by atoms with E-state index in [1.807, 2.05) is 0 Å². The molecule has 0 aliphatic heterocycles. The third-order valence-electron chi connectivity index (χ3n) is 0.272. The Bertz CT molecular complexity index is 102. The zero-order valence-corrected chi connectivity index (χ0v) is 6.80. The van der Waals surface area contributed by atoms with Gasteiger partial charge in [-0.3, -0.25) is 13.2 Å². The third kappa shape index (κ3) is 25.7. The molecule has 0 atom stereocenters. The third-order valence-corrected chi connectivity index (χ3v) is 0.816. The Hall–Kier alpha value is -0.460. The molecule has 0 saturated carbocycles. The van der Waals surface area contributed by atoms with E-state index in [9.17, 15) is 4.21 Å². The molecule has 0 unspecified atom stereocenters. The van der Waals surface area contributed by atoms with Gasteiger partial charge in [-0.2, -0.15) is 4.21 Å². The van der Waals surface area contributed by atoms with Gasteiger partial charge in [-0.25, -0.2) is 0 Å². The summed E-state index contributed by atoms with van der Waals surface area (Å²) in [5.74, 6) is -0.833. The van der Waals surface area contributed by atoms with Gasteiger partial charge in [-0.05, 0) is 0 Å². The highest BCUT2D eigenvalue weighted by Gasteiger charge is 1.84. The molecular formula is C4H10O5S. The summed E-state index contributed by atoms with van der Waals surface area (Å²) in [7, 11) is 2.61. The Morgan fingerprint density at radius 1 is 1.40 bits per heavy atom. The lowest BCUT2D eigenvalue weighted by atomic mass is 10.9. The summed E-state index contributed by atoms with van der Waals surface area (Å²) in [6, 6.07) is 0. The molecule has 0 aliphatic carbocycles. The summed E-state index contributed by atoms with van der Waals surface area (Å²) >= 11 is -1.53. The van der Waals surface area contributed by atoms with Gasteiger partial charge in [-0.1, -0.05) is 0 Å². The molecule has 62 valence electrons. The normalized spacial score (nSPS) is 8.40. The summed E-state index contributed by atoms with van der Waals surface area (Å²) in [5, 5.41) is 7.42. The van der Waals surface area contributed by atoms with Gasteiger partial charge in [0.25, 0.3) is 5.97 Å². The lowest BCUT2D eigenvalue weighted by Crippen LogP contribution is -1.91. The van der Waals surface area contributed by atoms with Crippen molar-refractivity contribution in [3.8, 4) is 0 Å². The van der Waals surface area contributed by atoms with E-state index in [2.05, 4.69) is 8.37 Å². The Balaban J connectivity index is 0. The maximum atomic E-state index is 9.85. The molecule has 10 heavy (non-hydrogen) atoms. The zero-order valence-electron chi connectivity index (χ0n) is 5.99. The van der Waals surface area contributed by atoms with E-state index in [0.717, 1.165) is 6.92 Å². The predicted molar refractivity (Wildman–Crippen MR) is 35.5 cm³/mol. The summed E-state index contributed by atoms with van der Waals surface area (Å²) in [5.41, 5.74) is 0. The molecule has 0 aliphatic rings. The van der Waals surface area contributed by atoms with Crippen LogP contribution in [0.3, 0.4) is 0 Å². The molecule has 0 spiro atoms. The minimum absolute atomic E-state index is 0.833. The van der Waals surface area contributed by atoms with Crippen LogP contribution in [0.4, 0.5) is 0 Å². The zero-order chi connectivity index (χ0) is 8.57. The van der Waals surface area contributed by atoms with E-state index in [0.29, 0.717) is 0 Å². The lowest BCUT2D eigenvalue weighted by Gasteiger charge is -1.86. The van der Waals surface area contributed by atoms with Crippen molar-refractivity contribution in [1.29, 1.82) is 0 Å². The highest BCUT2D eigenvalue weighted by atomic mass is 32.2. The van der Waals surface area contributed by atoms with Gasteiger partial charge in [0, 0.05) is 6.92 Å². The first-order valence-electron chi connectivity index (χ1n) is 2.24. The van der Waals surface area contributed by atoms with Crippen molar-refractivity contribution in [1.82, 2.24) is 0 Å². The molecule has 1 N–H and O–H groups in total. The van der Waals surface area contributed by atoms with Crippen LogP contribution in [0.2, 0.25) is 0 Å². The van der Waals surface area contributed by atoms with Gasteiger partial charge < -0.3 is 5.11 Å². The van der Waals surface area contributed by atoms with E-state index < -0.39 is 17.3 Å². The second kappa shape index (κ2) is 8.54. The van der Waals surface area contributed by atoms with E-state index in [1.54, 1.807) is 0 Å². The molecule has 0 aromatic rings. The second-order valence-electron chi connectivity index (χ2n) is 1.06. The van der Waals surface area contributed by atoms with Crippen molar-refractivity contribution < 1.29 is 22.5 Å². The van der Waals surface area contributed by atoms with Crippen LogP contribution in [-0.2, 0) is 24.5 Å². The van der Waals surface area contributed by atoms with Crippen LogP contribution >= 0.6 is 0 Å². The van der Waals surface area contributed by atoms with Crippen LogP contribution in [0.25, 0.3) is 0 Å². The average molecular weight is 170 g/mol. The van der Waals surface area contributed by atoms with Crippen LogP contribution in [0.5, 0.6) is 0 Å². The Labute approximate surface area is 61.8 Å². The second-order valence-corrected chi connectivity index (χ2v) is 2.13. The maximum Gasteiger partial charge on any atom is 0.304 e. The van der Waals surface area contributed by atoms with Crippen molar-refractivity contribution in [3.05, 3.63) is 0 Å². The fraction of sp³-hybridized carbons (Fsp3) is 0.750. The van der Waals surface area contributed by atoms with Crippen LogP contribution in [0.1, 0.15) is 6.92 Å². The van der Waals surface area contributed by atoms with E-state index in [1.165, 1.54) is 14.2 Å². The van der Waals surface area contributed by atoms with Crippen LogP contribution in [0, 0.1) is 0 Å². The number of aliphatic carboxylic acids is 1. The monoisotopic (exact) mass is 170 g/mol. The van der Waals surface area contributed by atoms with E-state index >= 15 is 0 Å². The van der Waals surface area contributed by atoms with Gasteiger partial charge >= 0.3 is 11.4 Å². The van der Waals surface area contributed by atoms with Crippen LogP contribution in [0.15, 0.2) is 0 Å². The number of hydrogen-bond donors (Lipinski definition) is 1. The number of carbonyl (C=O) groups is 1. The van der Waals surface area contributed by atoms with Gasteiger partial charge in [0.1, 0.15) is 0 Å². The van der Waals surface area contributed by atoms with Gasteiger partial charge in [0.15, 0.2) is 0 Å². The molecule has 0 amide bonds. The molecule has 0 saturated heterocycles. The molecule has 0 aromatic carbocycles. The molecule has 0 rings (SSSR count). The standard InChI is InChI=1S/C2H6O3S.C2H4O2/c1-4-6(3)5-2;1-2(3)4/h1-2H3;1H3,(H,3,4). The van der Waals surface area contributed by atoms with Crippen molar-refractivity contribution in [2.24, 2.45) is 0 Å². The highest BCUT2D eigenvalue weighted by molar-refractivity contribution is 7.75. The van der Waals surface area contributed by atoms with E-state index in [-0.39, 0.29) is 0 Å². The molecule has 0 heterocycles. The largest absolute Gasteiger partial charge is 0.481 e. The van der Waals surface area contributed by atoms with Gasteiger partial charge in [0.2, 0.25) is 0 Å². The minimum Gasteiger partial charge on any atom is -0.481 e. The SMILES string of the molecule is CC(=O)O.COS(=O)OC. The fourth-order valence-corrected chi connectivity index (χ4v) is 0.204. The van der Waals surface area contributed by atoms with E-state index in [4.69, 9.17) is 9.90 Å². The first-order chi connectivity index (χ1) is 4.54. The Morgan fingerprint density at radius 3 is 1.60 bits per heavy atom. The van der Waals surface area contributed by atoms with Crippen molar-refractivity contribution in [2.75, 3.05) is 14.2 Å². The Morgan fingerprint density at radius 2 is 1.60 bits per heavy atom. The number of hydrogen-bond acceptors (Lipinski definition) is 4. The summed E-state index contributed by atoms with van der Waals surface area (Å²) in [4.78, 5) is 9.00. The van der Waals surface area contributed by atoms with Crippen molar-refractivity contribution in [3.63, 3.8) is 0 Å². The first-order valence-corrected chi connectivity index (χ1v) is 3.24. The first kappa shape index (κ1) is 12.2. The number of carboxylic acids is 1. The predicted octanol–water partition coefficient (Wildman–Crippen LogP) is -0.0512. The quantitative estimate of drug-likeness (QED) is 0.629. The fourth-order valence-electron chi connectivity index (χ4n) is 0.0680. The molecule has 0 radical (unpaired) electrons. The van der Waals surface area contributed by atoms with Gasteiger partial charge in [-0.15, -0.1) is 0 Å². The highest BCUT2D eigenvalue weighted by Crippen LogP contribution is 1.76. The maximum absolute atomic E-state index is 9.85. The van der Waals surface area contributed by atoms with Crippen LogP contribution in [-0.4, -0.2) is 29.5 Å². The van der Waals surface area contributed by atoms with Crippen LogP contribution < -0.4 is 0 Å². The lowest BCUT2D eigenvalue weighted by molar-refractivity contribution is -0.134.